The summed E-state index contributed by atoms with van der Waals surface area (Å²) in [5.74, 6) is -1.43. The molecule has 1 aromatic rings. The minimum Gasteiger partial charge on any atom is -0.343 e. The number of nitrogens with zero attached hydrogens (tertiary/aromatic N) is 2. The lowest BCUT2D eigenvalue weighted by Gasteiger charge is -2.29. The third kappa shape index (κ3) is 3.79. The molecule has 2 atom stereocenters. The zero-order valence-corrected chi connectivity index (χ0v) is 16.6. The molecule has 7 heteroatoms. The molecule has 7 nitrogen and oxygen atoms in total. The monoisotopic (exact) mass is 385 g/mol. The molecule has 1 aromatic carbocycles. The highest BCUT2D eigenvalue weighted by Gasteiger charge is 2.43. The van der Waals surface area contributed by atoms with Crippen molar-refractivity contribution in [2.45, 2.75) is 52.1 Å². The summed E-state index contributed by atoms with van der Waals surface area (Å²) in [5.41, 5.74) is 0.630. The summed E-state index contributed by atoms with van der Waals surface area (Å²) in [5, 5.41) is 2.73. The van der Waals surface area contributed by atoms with E-state index < -0.39 is 29.8 Å². The van der Waals surface area contributed by atoms with E-state index in [-0.39, 0.29) is 11.8 Å². The number of nitrogens with one attached hydrogen (secondary N) is 1. The Hall–Kier alpha value is -2.70. The fourth-order valence-corrected chi connectivity index (χ4v) is 3.85. The van der Waals surface area contributed by atoms with Crippen LogP contribution in [0.2, 0.25) is 0 Å². The van der Waals surface area contributed by atoms with Gasteiger partial charge in [-0.05, 0) is 44.2 Å². The Bertz CT molecular complexity index is 764. The van der Waals surface area contributed by atoms with E-state index in [1.165, 1.54) is 0 Å². The molecule has 2 aliphatic rings. The van der Waals surface area contributed by atoms with Crippen LogP contribution < -0.4 is 5.32 Å². The van der Waals surface area contributed by atoms with E-state index in [1.807, 2.05) is 13.8 Å². The van der Waals surface area contributed by atoms with Crippen molar-refractivity contribution in [2.24, 2.45) is 5.92 Å². The van der Waals surface area contributed by atoms with Crippen molar-refractivity contribution in [3.63, 3.8) is 0 Å². The fourth-order valence-electron chi connectivity index (χ4n) is 3.85. The van der Waals surface area contributed by atoms with Crippen LogP contribution in [0.3, 0.4) is 0 Å². The summed E-state index contributed by atoms with van der Waals surface area (Å²) < 4.78 is 0. The minimum absolute atomic E-state index is 0.0876. The first-order chi connectivity index (χ1) is 13.3. The maximum atomic E-state index is 13.0. The van der Waals surface area contributed by atoms with Gasteiger partial charge in [0, 0.05) is 13.1 Å². The summed E-state index contributed by atoms with van der Waals surface area (Å²) >= 11 is 0. The van der Waals surface area contributed by atoms with Crippen molar-refractivity contribution < 1.29 is 19.2 Å². The molecular weight excluding hydrogens is 358 g/mol. The molecule has 0 aliphatic carbocycles. The number of hydrogen-bond donors (Lipinski definition) is 1. The highest BCUT2D eigenvalue weighted by atomic mass is 16.2. The molecule has 1 fully saturated rings. The van der Waals surface area contributed by atoms with E-state index in [4.69, 9.17) is 0 Å². The predicted octanol–water partition coefficient (Wildman–Crippen LogP) is 1.82. The van der Waals surface area contributed by atoms with Gasteiger partial charge in [-0.25, -0.2) is 0 Å². The summed E-state index contributed by atoms with van der Waals surface area (Å²) in [4.78, 5) is 53.9. The maximum absolute atomic E-state index is 13.0. The van der Waals surface area contributed by atoms with Crippen molar-refractivity contribution in [1.82, 2.24) is 15.1 Å². The molecule has 1 unspecified atom stereocenters. The molecule has 0 spiro atoms. The smallest absolute Gasteiger partial charge is 0.262 e. The Labute approximate surface area is 165 Å². The van der Waals surface area contributed by atoms with Crippen molar-refractivity contribution in [1.29, 1.82) is 0 Å². The zero-order chi connectivity index (χ0) is 20.4. The SMILES string of the molecule is CC(C)CC(C(=O)N[C@@H](C)C(=O)N1CCCC1)N1C(=O)c2ccccc2C1=O. The Kier molecular flexibility index (Phi) is 5.82. The van der Waals surface area contributed by atoms with Gasteiger partial charge in [-0.3, -0.25) is 24.1 Å². The van der Waals surface area contributed by atoms with Gasteiger partial charge in [0.25, 0.3) is 11.8 Å². The molecule has 2 heterocycles. The first kappa shape index (κ1) is 20.0. The van der Waals surface area contributed by atoms with Crippen LogP contribution in [0.4, 0.5) is 0 Å². The lowest BCUT2D eigenvalue weighted by atomic mass is 10.0. The lowest BCUT2D eigenvalue weighted by molar-refractivity contribution is -0.136. The first-order valence-corrected chi connectivity index (χ1v) is 9.87. The van der Waals surface area contributed by atoms with Crippen LogP contribution >= 0.6 is 0 Å². The Balaban J connectivity index is 1.78. The normalized spacial score (nSPS) is 18.4. The average molecular weight is 385 g/mol. The average Bonchev–Trinajstić information content (AvgIpc) is 3.27. The second kappa shape index (κ2) is 8.12. The van der Waals surface area contributed by atoms with Crippen LogP contribution in [0.5, 0.6) is 0 Å². The van der Waals surface area contributed by atoms with Crippen molar-refractivity contribution in [3.05, 3.63) is 35.4 Å². The predicted molar refractivity (Wildman–Crippen MR) is 104 cm³/mol. The largest absolute Gasteiger partial charge is 0.343 e. The van der Waals surface area contributed by atoms with Crippen molar-refractivity contribution in [2.75, 3.05) is 13.1 Å². The van der Waals surface area contributed by atoms with Crippen LogP contribution in [0, 0.1) is 5.92 Å². The summed E-state index contributed by atoms with van der Waals surface area (Å²) in [6.07, 6.45) is 2.27. The van der Waals surface area contributed by atoms with Gasteiger partial charge in [-0.1, -0.05) is 26.0 Å². The zero-order valence-electron chi connectivity index (χ0n) is 16.6. The molecule has 0 radical (unpaired) electrons. The highest BCUT2D eigenvalue weighted by molar-refractivity contribution is 6.22. The van der Waals surface area contributed by atoms with E-state index in [2.05, 4.69) is 5.32 Å². The van der Waals surface area contributed by atoms with Crippen LogP contribution in [0.15, 0.2) is 24.3 Å². The number of imide groups is 1. The molecule has 3 rings (SSSR count). The van der Waals surface area contributed by atoms with Gasteiger partial charge in [-0.2, -0.15) is 0 Å². The number of likely N-dealkylation sites (tertiary alicyclic amines) is 1. The lowest BCUT2D eigenvalue weighted by Crippen LogP contribution is -2.54. The minimum atomic E-state index is -0.943. The quantitative estimate of drug-likeness (QED) is 0.757. The third-order valence-corrected chi connectivity index (χ3v) is 5.28. The molecule has 1 saturated heterocycles. The standard InChI is InChI=1S/C21H27N3O4/c1-13(2)12-17(18(25)22-14(3)19(26)23-10-6-7-11-23)24-20(27)15-8-4-5-9-16(15)21(24)28/h4-5,8-9,13-14,17H,6-7,10-12H2,1-3H3,(H,22,25)/t14-,17?/m0/s1. The topological polar surface area (TPSA) is 86.8 Å². The van der Waals surface area contributed by atoms with Gasteiger partial charge < -0.3 is 10.2 Å². The van der Waals surface area contributed by atoms with Crippen LogP contribution in [0.1, 0.15) is 60.7 Å². The maximum Gasteiger partial charge on any atom is 0.262 e. The van der Waals surface area contributed by atoms with Gasteiger partial charge in [0.05, 0.1) is 11.1 Å². The van der Waals surface area contributed by atoms with E-state index in [0.717, 1.165) is 17.7 Å². The van der Waals surface area contributed by atoms with E-state index in [0.29, 0.717) is 30.6 Å². The number of benzene rings is 1. The summed E-state index contributed by atoms with van der Waals surface area (Å²) in [6.45, 7) is 6.90. The molecule has 28 heavy (non-hydrogen) atoms. The number of rotatable bonds is 6. The Morgan fingerprint density at radius 2 is 1.54 bits per heavy atom. The highest BCUT2D eigenvalue weighted by Crippen LogP contribution is 2.27. The van der Waals surface area contributed by atoms with Crippen LogP contribution in [0.25, 0.3) is 0 Å². The van der Waals surface area contributed by atoms with Crippen LogP contribution in [-0.2, 0) is 9.59 Å². The Morgan fingerprint density at radius 3 is 2.04 bits per heavy atom. The van der Waals surface area contributed by atoms with Gasteiger partial charge in [0.15, 0.2) is 0 Å². The number of hydrogen-bond acceptors (Lipinski definition) is 4. The first-order valence-electron chi connectivity index (χ1n) is 9.87. The van der Waals surface area contributed by atoms with E-state index >= 15 is 0 Å². The molecule has 0 saturated carbocycles. The molecular formula is C21H27N3O4. The second-order valence-corrected chi connectivity index (χ2v) is 7.93. The molecule has 4 amide bonds. The van der Waals surface area contributed by atoms with Crippen molar-refractivity contribution >= 4 is 23.6 Å². The molecule has 0 aromatic heterocycles. The number of carbonyl (C=O) groups is 4. The van der Waals surface area contributed by atoms with Gasteiger partial charge in [0.2, 0.25) is 11.8 Å². The van der Waals surface area contributed by atoms with Crippen LogP contribution in [-0.4, -0.2) is 58.6 Å². The molecule has 2 aliphatic heterocycles. The number of amides is 4. The molecule has 1 N–H and O–H groups in total. The van der Waals surface area contributed by atoms with E-state index in [9.17, 15) is 19.2 Å². The third-order valence-electron chi connectivity index (χ3n) is 5.28. The fraction of sp³-hybridized carbons (Fsp3) is 0.524. The molecule has 150 valence electrons. The van der Waals surface area contributed by atoms with Crippen molar-refractivity contribution in [3.8, 4) is 0 Å². The van der Waals surface area contributed by atoms with Gasteiger partial charge in [-0.15, -0.1) is 0 Å². The number of carbonyl (C=O) groups excluding carboxylic acids is 4. The van der Waals surface area contributed by atoms with Gasteiger partial charge in [0.1, 0.15) is 12.1 Å². The van der Waals surface area contributed by atoms with E-state index in [1.54, 1.807) is 36.1 Å². The Morgan fingerprint density at radius 1 is 1.00 bits per heavy atom. The summed E-state index contributed by atoms with van der Waals surface area (Å²) in [6, 6.07) is 4.94. The van der Waals surface area contributed by atoms with Gasteiger partial charge >= 0.3 is 0 Å². The molecule has 0 bridgehead atoms. The number of fused-ring (bicyclic) bond motifs is 1. The second-order valence-electron chi connectivity index (χ2n) is 7.93. The summed E-state index contributed by atoms with van der Waals surface area (Å²) in [7, 11) is 0.